The molecule has 0 aromatic rings. The van der Waals surface area contributed by atoms with Crippen LogP contribution in [0.1, 0.15) is 67.2 Å². The highest BCUT2D eigenvalue weighted by Gasteiger charge is 2.08. The van der Waals surface area contributed by atoms with Crippen molar-refractivity contribution in [1.82, 2.24) is 0 Å². The Hall–Kier alpha value is -0.0800. The van der Waals surface area contributed by atoms with Crippen LogP contribution < -0.4 is 5.73 Å². The Morgan fingerprint density at radius 3 is 1.12 bits per heavy atom. The van der Waals surface area contributed by atoms with E-state index in [1.165, 1.54) is 32.7 Å². The molecule has 0 heterocycles. The van der Waals surface area contributed by atoms with E-state index in [4.69, 9.17) is 5.11 Å². The summed E-state index contributed by atoms with van der Waals surface area (Å²) in [6.45, 7) is 13.3. The summed E-state index contributed by atoms with van der Waals surface area (Å²) in [5.41, 5.74) is 4.50. The molecule has 3 N–H and O–H groups in total. The van der Waals surface area contributed by atoms with E-state index in [1.54, 1.807) is 0 Å². The van der Waals surface area contributed by atoms with Crippen LogP contribution in [0.4, 0.5) is 0 Å². The maximum absolute atomic E-state index is 7.00. The number of hydrogen-bond acceptors (Lipinski definition) is 2. The van der Waals surface area contributed by atoms with Crippen molar-refractivity contribution >= 4 is 0 Å². The molecule has 0 fully saturated rings. The number of aliphatic hydroxyl groups is 1. The van der Waals surface area contributed by atoms with Crippen molar-refractivity contribution in [2.75, 3.05) is 14.2 Å². The molecule has 0 amide bonds. The molecule has 0 spiro atoms. The van der Waals surface area contributed by atoms with Gasteiger partial charge in [0.05, 0.1) is 0 Å². The Labute approximate surface area is 105 Å². The third-order valence-corrected chi connectivity index (χ3v) is 2.46. The number of aliphatic hydroxyl groups excluding tert-OH is 1. The molecular formula is C14H37NO. The quantitative estimate of drug-likeness (QED) is 0.754. The lowest BCUT2D eigenvalue weighted by Gasteiger charge is -2.17. The van der Waals surface area contributed by atoms with Crippen molar-refractivity contribution in [3.63, 3.8) is 0 Å². The predicted octanol–water partition coefficient (Wildman–Crippen LogP) is 4.07. The third kappa shape index (κ3) is 23.6. The molecule has 0 bridgehead atoms. The molecule has 104 valence electrons. The summed E-state index contributed by atoms with van der Waals surface area (Å²) in [5.74, 6) is 1.87. The fraction of sp³-hybridized carbons (Fsp3) is 1.00. The van der Waals surface area contributed by atoms with Crippen LogP contribution in [-0.4, -0.2) is 19.3 Å². The molecule has 0 radical (unpaired) electrons. The fourth-order valence-electron chi connectivity index (χ4n) is 1.48. The van der Waals surface area contributed by atoms with Crippen molar-refractivity contribution in [2.24, 2.45) is 17.6 Å². The molecular weight excluding hydrogens is 198 g/mol. The first kappa shape index (κ1) is 24.9. The van der Waals surface area contributed by atoms with Crippen LogP contribution in [0.5, 0.6) is 0 Å². The summed E-state index contributed by atoms with van der Waals surface area (Å²) in [6, 6.07) is 0. The molecule has 0 aromatic carbocycles. The van der Waals surface area contributed by atoms with Gasteiger partial charge in [0.25, 0.3) is 0 Å². The lowest BCUT2D eigenvalue weighted by molar-refractivity contribution is 0.339. The SMILES string of the molecule is CC.CCCC(C)C(C)CCC.CN.CO. The summed E-state index contributed by atoms with van der Waals surface area (Å²) in [6.07, 6.45) is 5.49. The Balaban J connectivity index is -0.000000103. The summed E-state index contributed by atoms with van der Waals surface area (Å²) in [7, 11) is 2.50. The second-order valence-electron chi connectivity index (χ2n) is 3.53. The van der Waals surface area contributed by atoms with Gasteiger partial charge >= 0.3 is 0 Å². The van der Waals surface area contributed by atoms with Gasteiger partial charge in [-0.05, 0) is 18.9 Å². The molecule has 16 heavy (non-hydrogen) atoms. The van der Waals surface area contributed by atoms with Gasteiger partial charge in [0.2, 0.25) is 0 Å². The standard InChI is InChI=1S/C10H22.C2H6.CH5N.CH4O/c1-5-7-9(3)10(4)8-6-2;3*1-2/h9-10H,5-8H2,1-4H3;1-2H3;2H2,1H3;2H,1H3. The molecule has 0 aliphatic rings. The Kier molecular flexibility index (Phi) is 45.8. The average molecular weight is 235 g/mol. The van der Waals surface area contributed by atoms with Gasteiger partial charge in [-0.15, -0.1) is 0 Å². The van der Waals surface area contributed by atoms with Crippen molar-refractivity contribution in [3.8, 4) is 0 Å². The second kappa shape index (κ2) is 29.4. The Morgan fingerprint density at radius 1 is 0.812 bits per heavy atom. The summed E-state index contributed by atoms with van der Waals surface area (Å²) < 4.78 is 0. The molecule has 2 unspecified atom stereocenters. The van der Waals surface area contributed by atoms with Gasteiger partial charge in [0, 0.05) is 7.11 Å². The van der Waals surface area contributed by atoms with Gasteiger partial charge in [0.15, 0.2) is 0 Å². The number of nitrogens with two attached hydrogens (primary N) is 1. The van der Waals surface area contributed by atoms with Crippen LogP contribution in [-0.2, 0) is 0 Å². The molecule has 2 atom stereocenters. The normalized spacial score (nSPS) is 11.6. The first-order valence-corrected chi connectivity index (χ1v) is 6.74. The molecule has 0 rings (SSSR count). The third-order valence-electron chi connectivity index (χ3n) is 2.46. The lowest BCUT2D eigenvalue weighted by Crippen LogP contribution is -2.06. The molecule has 2 nitrogen and oxygen atoms in total. The van der Waals surface area contributed by atoms with Crippen molar-refractivity contribution < 1.29 is 5.11 Å². The second-order valence-corrected chi connectivity index (χ2v) is 3.53. The molecule has 0 aliphatic carbocycles. The van der Waals surface area contributed by atoms with E-state index >= 15 is 0 Å². The topological polar surface area (TPSA) is 46.2 Å². The van der Waals surface area contributed by atoms with E-state index in [9.17, 15) is 0 Å². The van der Waals surface area contributed by atoms with E-state index in [0.29, 0.717) is 0 Å². The first-order chi connectivity index (χ1) is 7.72. The van der Waals surface area contributed by atoms with Gasteiger partial charge in [0.1, 0.15) is 0 Å². The van der Waals surface area contributed by atoms with Crippen molar-refractivity contribution in [2.45, 2.75) is 67.2 Å². The number of rotatable bonds is 5. The zero-order valence-corrected chi connectivity index (χ0v) is 13.0. The van der Waals surface area contributed by atoms with Gasteiger partial charge < -0.3 is 10.8 Å². The molecule has 0 aromatic heterocycles. The Morgan fingerprint density at radius 2 is 1.00 bits per heavy atom. The van der Waals surface area contributed by atoms with Gasteiger partial charge in [-0.3, -0.25) is 0 Å². The highest BCUT2D eigenvalue weighted by atomic mass is 16.2. The highest BCUT2D eigenvalue weighted by Crippen LogP contribution is 2.20. The van der Waals surface area contributed by atoms with Crippen LogP contribution in [0.25, 0.3) is 0 Å². The van der Waals surface area contributed by atoms with E-state index in [2.05, 4.69) is 33.4 Å². The molecule has 0 saturated heterocycles. The first-order valence-electron chi connectivity index (χ1n) is 6.74. The van der Waals surface area contributed by atoms with Crippen LogP contribution in [0.3, 0.4) is 0 Å². The van der Waals surface area contributed by atoms with Gasteiger partial charge in [-0.2, -0.15) is 0 Å². The summed E-state index contributed by atoms with van der Waals surface area (Å²) in [5, 5.41) is 7.00. The molecule has 0 saturated carbocycles. The van der Waals surface area contributed by atoms with E-state index < -0.39 is 0 Å². The van der Waals surface area contributed by atoms with E-state index in [1.807, 2.05) is 13.8 Å². The van der Waals surface area contributed by atoms with E-state index in [-0.39, 0.29) is 0 Å². The average Bonchev–Trinajstić information content (AvgIpc) is 2.37. The summed E-state index contributed by atoms with van der Waals surface area (Å²) in [4.78, 5) is 0. The van der Waals surface area contributed by atoms with Gasteiger partial charge in [-0.1, -0.05) is 67.2 Å². The van der Waals surface area contributed by atoms with Crippen molar-refractivity contribution in [1.29, 1.82) is 0 Å². The van der Waals surface area contributed by atoms with Crippen LogP contribution in [0, 0.1) is 11.8 Å². The largest absolute Gasteiger partial charge is 0.400 e. The van der Waals surface area contributed by atoms with Crippen molar-refractivity contribution in [3.05, 3.63) is 0 Å². The minimum absolute atomic E-state index is 0.935. The predicted molar refractivity (Wildman–Crippen MR) is 77.7 cm³/mol. The maximum Gasteiger partial charge on any atom is 0.0319 e. The maximum atomic E-state index is 7.00. The van der Waals surface area contributed by atoms with Gasteiger partial charge in [-0.25, -0.2) is 0 Å². The minimum Gasteiger partial charge on any atom is -0.400 e. The van der Waals surface area contributed by atoms with Crippen LogP contribution >= 0.6 is 0 Å². The zero-order chi connectivity index (χ0) is 14.0. The summed E-state index contributed by atoms with van der Waals surface area (Å²) >= 11 is 0. The number of hydrogen-bond donors (Lipinski definition) is 2. The zero-order valence-electron chi connectivity index (χ0n) is 13.0. The lowest BCUT2D eigenvalue weighted by atomic mass is 9.89. The minimum atomic E-state index is 0.935. The molecule has 0 aliphatic heterocycles. The van der Waals surface area contributed by atoms with Crippen LogP contribution in [0.15, 0.2) is 0 Å². The Bertz CT molecular complexity index is 67.1. The highest BCUT2D eigenvalue weighted by molar-refractivity contribution is 4.60. The van der Waals surface area contributed by atoms with Crippen LogP contribution in [0.2, 0.25) is 0 Å². The molecule has 2 heteroatoms. The van der Waals surface area contributed by atoms with E-state index in [0.717, 1.165) is 18.9 Å². The fourth-order valence-corrected chi connectivity index (χ4v) is 1.48. The smallest absolute Gasteiger partial charge is 0.0319 e. The monoisotopic (exact) mass is 235 g/mol.